The SMILES string of the molecule is CCC1(C)CCN(C(=NC)NCc2ccco2)C1. The highest BCUT2D eigenvalue weighted by atomic mass is 16.3. The standard InChI is InChI=1S/C14H23N3O/c1-4-14(2)7-8-17(11-14)13(15-3)16-10-12-6-5-9-18-12/h5-6,9H,4,7-8,10-11H2,1-3H3,(H,15,16). The molecule has 2 heterocycles. The lowest BCUT2D eigenvalue weighted by atomic mass is 9.87. The fraction of sp³-hybridized carbons (Fsp3) is 0.643. The third-order valence-electron chi connectivity index (χ3n) is 3.92. The number of likely N-dealkylation sites (tertiary alicyclic amines) is 1. The highest BCUT2D eigenvalue weighted by Crippen LogP contribution is 2.32. The summed E-state index contributed by atoms with van der Waals surface area (Å²) < 4.78 is 5.32. The van der Waals surface area contributed by atoms with Gasteiger partial charge in [-0.1, -0.05) is 13.8 Å². The van der Waals surface area contributed by atoms with Crippen molar-refractivity contribution in [1.29, 1.82) is 0 Å². The van der Waals surface area contributed by atoms with Gasteiger partial charge >= 0.3 is 0 Å². The van der Waals surface area contributed by atoms with Crippen LogP contribution in [-0.4, -0.2) is 31.0 Å². The summed E-state index contributed by atoms with van der Waals surface area (Å²) in [6, 6.07) is 3.88. The molecule has 1 aliphatic heterocycles. The van der Waals surface area contributed by atoms with Gasteiger partial charge in [-0.2, -0.15) is 0 Å². The summed E-state index contributed by atoms with van der Waals surface area (Å²) >= 11 is 0. The molecule has 0 spiro atoms. The van der Waals surface area contributed by atoms with E-state index in [1.54, 1.807) is 6.26 Å². The lowest BCUT2D eigenvalue weighted by Crippen LogP contribution is -2.40. The second-order valence-electron chi connectivity index (χ2n) is 5.32. The number of hydrogen-bond acceptors (Lipinski definition) is 2. The van der Waals surface area contributed by atoms with Crippen LogP contribution in [-0.2, 0) is 6.54 Å². The van der Waals surface area contributed by atoms with Crippen LogP contribution in [0.25, 0.3) is 0 Å². The van der Waals surface area contributed by atoms with Gasteiger partial charge in [0.2, 0.25) is 0 Å². The fourth-order valence-electron chi connectivity index (χ4n) is 2.40. The second kappa shape index (κ2) is 5.46. The first-order valence-electron chi connectivity index (χ1n) is 6.65. The Morgan fingerprint density at radius 3 is 3.00 bits per heavy atom. The first-order chi connectivity index (χ1) is 8.67. The average molecular weight is 249 g/mol. The molecule has 0 saturated carbocycles. The summed E-state index contributed by atoms with van der Waals surface area (Å²) in [5.41, 5.74) is 0.433. The Morgan fingerprint density at radius 1 is 1.61 bits per heavy atom. The largest absolute Gasteiger partial charge is 0.467 e. The minimum atomic E-state index is 0.433. The zero-order chi connectivity index (χ0) is 13.0. The van der Waals surface area contributed by atoms with Crippen molar-refractivity contribution in [3.05, 3.63) is 24.2 Å². The first kappa shape index (κ1) is 13.0. The Hall–Kier alpha value is -1.45. The highest BCUT2D eigenvalue weighted by molar-refractivity contribution is 5.80. The van der Waals surface area contributed by atoms with Crippen molar-refractivity contribution in [2.24, 2.45) is 10.4 Å². The van der Waals surface area contributed by atoms with Crippen molar-refractivity contribution in [3.63, 3.8) is 0 Å². The molecule has 0 aliphatic carbocycles. The molecule has 1 fully saturated rings. The fourth-order valence-corrected chi connectivity index (χ4v) is 2.40. The van der Waals surface area contributed by atoms with Crippen molar-refractivity contribution >= 4 is 5.96 Å². The molecule has 1 N–H and O–H groups in total. The summed E-state index contributed by atoms with van der Waals surface area (Å²) in [5, 5.41) is 3.36. The molecule has 1 aliphatic rings. The molecule has 0 radical (unpaired) electrons. The maximum Gasteiger partial charge on any atom is 0.194 e. The zero-order valence-electron chi connectivity index (χ0n) is 11.6. The number of nitrogens with one attached hydrogen (secondary N) is 1. The van der Waals surface area contributed by atoms with Crippen molar-refractivity contribution in [3.8, 4) is 0 Å². The molecular weight excluding hydrogens is 226 g/mol. The molecule has 1 aromatic rings. The summed E-state index contributed by atoms with van der Waals surface area (Å²) in [4.78, 5) is 6.70. The summed E-state index contributed by atoms with van der Waals surface area (Å²) in [7, 11) is 1.84. The van der Waals surface area contributed by atoms with Gasteiger partial charge in [-0.15, -0.1) is 0 Å². The quantitative estimate of drug-likeness (QED) is 0.661. The summed E-state index contributed by atoms with van der Waals surface area (Å²) in [6.07, 6.45) is 4.16. The number of guanidine groups is 1. The van der Waals surface area contributed by atoms with Crippen LogP contribution >= 0.6 is 0 Å². The molecule has 1 unspecified atom stereocenters. The predicted octanol–water partition coefficient (Wildman–Crippen LogP) is 2.48. The van der Waals surface area contributed by atoms with Crippen LogP contribution in [0.1, 0.15) is 32.4 Å². The molecule has 1 aromatic heterocycles. The van der Waals surface area contributed by atoms with E-state index in [0.717, 1.165) is 24.8 Å². The number of furan rings is 1. The maximum absolute atomic E-state index is 5.32. The van der Waals surface area contributed by atoms with E-state index in [9.17, 15) is 0 Å². The van der Waals surface area contributed by atoms with Crippen molar-refractivity contribution in [1.82, 2.24) is 10.2 Å². The van der Waals surface area contributed by atoms with Crippen molar-refractivity contribution in [2.75, 3.05) is 20.1 Å². The van der Waals surface area contributed by atoms with Gasteiger partial charge in [-0.25, -0.2) is 0 Å². The Kier molecular flexibility index (Phi) is 3.94. The minimum Gasteiger partial charge on any atom is -0.467 e. The second-order valence-corrected chi connectivity index (χ2v) is 5.32. The highest BCUT2D eigenvalue weighted by Gasteiger charge is 2.33. The van der Waals surface area contributed by atoms with Crippen LogP contribution < -0.4 is 5.32 Å². The molecular formula is C14H23N3O. The third kappa shape index (κ3) is 2.86. The predicted molar refractivity (Wildman–Crippen MR) is 73.5 cm³/mol. The molecule has 4 heteroatoms. The average Bonchev–Trinajstić information content (AvgIpc) is 3.01. The number of hydrogen-bond donors (Lipinski definition) is 1. The smallest absolute Gasteiger partial charge is 0.194 e. The van der Waals surface area contributed by atoms with Gasteiger partial charge in [0.25, 0.3) is 0 Å². The van der Waals surface area contributed by atoms with E-state index in [-0.39, 0.29) is 0 Å². The van der Waals surface area contributed by atoms with Gasteiger partial charge in [0.05, 0.1) is 12.8 Å². The number of rotatable bonds is 3. The van der Waals surface area contributed by atoms with Gasteiger partial charge in [0.1, 0.15) is 5.76 Å². The van der Waals surface area contributed by atoms with Crippen LogP contribution in [0.3, 0.4) is 0 Å². The van der Waals surface area contributed by atoms with Gasteiger partial charge in [-0.3, -0.25) is 4.99 Å². The van der Waals surface area contributed by atoms with E-state index in [1.807, 2.05) is 19.2 Å². The van der Waals surface area contributed by atoms with E-state index < -0.39 is 0 Å². The van der Waals surface area contributed by atoms with E-state index in [4.69, 9.17) is 4.42 Å². The lowest BCUT2D eigenvalue weighted by Gasteiger charge is -2.25. The first-order valence-corrected chi connectivity index (χ1v) is 6.65. The maximum atomic E-state index is 5.32. The van der Waals surface area contributed by atoms with E-state index in [1.165, 1.54) is 12.8 Å². The molecule has 2 rings (SSSR count). The summed E-state index contributed by atoms with van der Waals surface area (Å²) in [6.45, 7) is 7.48. The molecule has 1 atom stereocenters. The Bertz CT molecular complexity index is 399. The number of nitrogens with zero attached hydrogens (tertiary/aromatic N) is 2. The Labute approximate surface area is 109 Å². The molecule has 4 nitrogen and oxygen atoms in total. The Morgan fingerprint density at radius 2 is 2.44 bits per heavy atom. The van der Waals surface area contributed by atoms with Gasteiger partial charge in [0.15, 0.2) is 5.96 Å². The normalized spacial score (nSPS) is 24.6. The molecule has 1 saturated heterocycles. The van der Waals surface area contributed by atoms with Crippen LogP contribution in [0.15, 0.2) is 27.8 Å². The van der Waals surface area contributed by atoms with Crippen LogP contribution in [0.5, 0.6) is 0 Å². The van der Waals surface area contributed by atoms with Gasteiger partial charge < -0.3 is 14.6 Å². The topological polar surface area (TPSA) is 40.8 Å². The van der Waals surface area contributed by atoms with E-state index in [0.29, 0.717) is 12.0 Å². The monoisotopic (exact) mass is 249 g/mol. The van der Waals surface area contributed by atoms with Gasteiger partial charge in [-0.05, 0) is 30.4 Å². The van der Waals surface area contributed by atoms with Crippen molar-refractivity contribution in [2.45, 2.75) is 33.2 Å². The number of aliphatic imine (C=N–C) groups is 1. The van der Waals surface area contributed by atoms with Crippen LogP contribution in [0.4, 0.5) is 0 Å². The molecule has 0 aromatic carbocycles. The molecule has 100 valence electrons. The molecule has 0 bridgehead atoms. The Balaban J connectivity index is 1.90. The summed E-state index contributed by atoms with van der Waals surface area (Å²) in [5.74, 6) is 1.91. The van der Waals surface area contributed by atoms with Crippen molar-refractivity contribution < 1.29 is 4.42 Å². The molecule has 18 heavy (non-hydrogen) atoms. The zero-order valence-corrected chi connectivity index (χ0v) is 11.6. The minimum absolute atomic E-state index is 0.433. The van der Waals surface area contributed by atoms with E-state index in [2.05, 4.69) is 29.1 Å². The lowest BCUT2D eigenvalue weighted by molar-refractivity contribution is 0.321. The van der Waals surface area contributed by atoms with Crippen LogP contribution in [0, 0.1) is 5.41 Å². The van der Waals surface area contributed by atoms with E-state index >= 15 is 0 Å². The van der Waals surface area contributed by atoms with Crippen LogP contribution in [0.2, 0.25) is 0 Å². The molecule has 0 amide bonds. The van der Waals surface area contributed by atoms with Gasteiger partial charge in [0, 0.05) is 20.1 Å². The third-order valence-corrected chi connectivity index (χ3v) is 3.92.